The van der Waals surface area contributed by atoms with E-state index in [-0.39, 0.29) is 5.91 Å². The summed E-state index contributed by atoms with van der Waals surface area (Å²) in [7, 11) is 5.62. The van der Waals surface area contributed by atoms with Gasteiger partial charge in [0.25, 0.3) is 5.91 Å². The van der Waals surface area contributed by atoms with Crippen LogP contribution in [0.5, 0.6) is 0 Å². The van der Waals surface area contributed by atoms with Gasteiger partial charge in [0.15, 0.2) is 0 Å². The summed E-state index contributed by atoms with van der Waals surface area (Å²) < 4.78 is 0. The third kappa shape index (κ3) is 4.05. The summed E-state index contributed by atoms with van der Waals surface area (Å²) in [6.45, 7) is 2.46. The first-order valence-corrected chi connectivity index (χ1v) is 9.09. The van der Waals surface area contributed by atoms with E-state index < -0.39 is 0 Å². The second kappa shape index (κ2) is 7.61. The molecular weight excluding hydrogens is 346 g/mol. The fourth-order valence-corrected chi connectivity index (χ4v) is 3.18. The fourth-order valence-electron chi connectivity index (χ4n) is 2.51. The molecule has 1 aromatic carbocycles. The van der Waals surface area contributed by atoms with Crippen molar-refractivity contribution in [1.29, 1.82) is 0 Å². The first kappa shape index (κ1) is 18.0. The van der Waals surface area contributed by atoms with Crippen molar-refractivity contribution >= 4 is 23.2 Å². The Kier molecular flexibility index (Phi) is 5.27. The highest BCUT2D eigenvalue weighted by molar-refractivity contribution is 7.09. The van der Waals surface area contributed by atoms with E-state index in [1.807, 2.05) is 61.6 Å². The molecule has 0 saturated carbocycles. The molecule has 26 heavy (non-hydrogen) atoms. The van der Waals surface area contributed by atoms with Crippen LogP contribution in [0.1, 0.15) is 21.1 Å². The number of nitrogens with zero attached hydrogens (tertiary/aromatic N) is 5. The van der Waals surface area contributed by atoms with Gasteiger partial charge < -0.3 is 9.80 Å². The Hall–Kier alpha value is -2.80. The fraction of sp³-hybridized carbons (Fsp3) is 0.263. The summed E-state index contributed by atoms with van der Waals surface area (Å²) in [5.74, 6) is 0.642. The molecule has 0 aliphatic rings. The Morgan fingerprint density at radius 1 is 1.12 bits per heavy atom. The van der Waals surface area contributed by atoms with E-state index in [1.54, 1.807) is 29.5 Å². The van der Waals surface area contributed by atoms with Gasteiger partial charge in [-0.25, -0.2) is 15.0 Å². The van der Waals surface area contributed by atoms with Crippen molar-refractivity contribution in [1.82, 2.24) is 19.9 Å². The minimum Gasteiger partial charge on any atom is -0.347 e. The number of hydrogen-bond donors (Lipinski definition) is 0. The number of benzene rings is 1. The molecule has 0 spiro atoms. The number of aromatic nitrogens is 3. The maximum atomic E-state index is 12.6. The molecule has 0 radical (unpaired) electrons. The standard InChI is InChI=1S/C19H21N5OS/c1-13-11-16(22-19(21-13)23(2)3)14-5-7-15(8-6-14)18(25)24(4)12-17-20-9-10-26-17/h5-11H,12H2,1-4H3. The number of rotatable bonds is 5. The number of thiazole rings is 1. The molecule has 3 rings (SSSR count). The van der Waals surface area contributed by atoms with Gasteiger partial charge >= 0.3 is 0 Å². The van der Waals surface area contributed by atoms with E-state index in [2.05, 4.69) is 15.0 Å². The minimum atomic E-state index is -0.0281. The van der Waals surface area contributed by atoms with Crippen molar-refractivity contribution in [3.63, 3.8) is 0 Å². The number of aryl methyl sites for hydroxylation is 1. The Bertz CT molecular complexity index is 891. The Morgan fingerprint density at radius 3 is 2.46 bits per heavy atom. The van der Waals surface area contributed by atoms with Gasteiger partial charge in [0.2, 0.25) is 5.95 Å². The number of anilines is 1. The minimum absolute atomic E-state index is 0.0281. The van der Waals surface area contributed by atoms with Gasteiger partial charge in [0, 0.05) is 49.5 Å². The lowest BCUT2D eigenvalue weighted by atomic mass is 10.1. The molecule has 0 N–H and O–H groups in total. The molecule has 0 unspecified atom stereocenters. The van der Waals surface area contributed by atoms with Crippen molar-refractivity contribution in [3.8, 4) is 11.3 Å². The van der Waals surface area contributed by atoms with Gasteiger partial charge in [-0.05, 0) is 25.1 Å². The van der Waals surface area contributed by atoms with Crippen LogP contribution in [-0.2, 0) is 6.54 Å². The largest absolute Gasteiger partial charge is 0.347 e. The quantitative estimate of drug-likeness (QED) is 0.693. The van der Waals surface area contributed by atoms with E-state index in [0.29, 0.717) is 18.1 Å². The van der Waals surface area contributed by atoms with E-state index >= 15 is 0 Å². The van der Waals surface area contributed by atoms with Gasteiger partial charge in [-0.15, -0.1) is 11.3 Å². The Labute approximate surface area is 157 Å². The zero-order chi connectivity index (χ0) is 18.7. The first-order chi connectivity index (χ1) is 12.4. The van der Waals surface area contributed by atoms with Crippen LogP contribution in [-0.4, -0.2) is 46.9 Å². The summed E-state index contributed by atoms with van der Waals surface area (Å²) in [5, 5.41) is 2.83. The first-order valence-electron chi connectivity index (χ1n) is 8.21. The SMILES string of the molecule is Cc1cc(-c2ccc(C(=O)N(C)Cc3nccs3)cc2)nc(N(C)C)n1. The molecule has 0 bridgehead atoms. The monoisotopic (exact) mass is 367 g/mol. The van der Waals surface area contributed by atoms with Crippen LogP contribution in [0, 0.1) is 6.92 Å². The molecule has 2 heterocycles. The number of hydrogen-bond acceptors (Lipinski definition) is 6. The van der Waals surface area contributed by atoms with Gasteiger partial charge in [0.05, 0.1) is 12.2 Å². The van der Waals surface area contributed by atoms with Crippen molar-refractivity contribution in [3.05, 3.63) is 58.2 Å². The Balaban J connectivity index is 1.79. The smallest absolute Gasteiger partial charge is 0.253 e. The third-order valence-electron chi connectivity index (χ3n) is 3.87. The lowest BCUT2D eigenvalue weighted by Gasteiger charge is -2.16. The van der Waals surface area contributed by atoms with Crippen molar-refractivity contribution in [2.45, 2.75) is 13.5 Å². The summed E-state index contributed by atoms with van der Waals surface area (Å²) in [6, 6.07) is 9.46. The van der Waals surface area contributed by atoms with E-state index in [4.69, 9.17) is 0 Å². The van der Waals surface area contributed by atoms with Gasteiger partial charge in [-0.2, -0.15) is 0 Å². The normalized spacial score (nSPS) is 10.6. The molecule has 2 aromatic heterocycles. The lowest BCUT2D eigenvalue weighted by molar-refractivity contribution is 0.0785. The summed E-state index contributed by atoms with van der Waals surface area (Å²) in [5.41, 5.74) is 3.35. The topological polar surface area (TPSA) is 62.2 Å². The predicted molar refractivity (Wildman–Crippen MR) is 104 cm³/mol. The van der Waals surface area contributed by atoms with Gasteiger partial charge in [-0.3, -0.25) is 4.79 Å². The molecule has 134 valence electrons. The maximum absolute atomic E-state index is 12.6. The van der Waals surface area contributed by atoms with Crippen molar-refractivity contribution in [2.24, 2.45) is 0 Å². The summed E-state index contributed by atoms with van der Waals surface area (Å²) in [6.07, 6.45) is 1.75. The molecule has 7 heteroatoms. The number of amides is 1. The van der Waals surface area contributed by atoms with Crippen molar-refractivity contribution in [2.75, 3.05) is 26.0 Å². The Morgan fingerprint density at radius 2 is 1.85 bits per heavy atom. The van der Waals surface area contributed by atoms with Crippen LogP contribution in [0.3, 0.4) is 0 Å². The van der Waals surface area contributed by atoms with Crippen LogP contribution < -0.4 is 4.90 Å². The highest BCUT2D eigenvalue weighted by Gasteiger charge is 2.14. The zero-order valence-corrected chi connectivity index (χ0v) is 16.1. The number of carbonyl (C=O) groups is 1. The van der Waals surface area contributed by atoms with E-state index in [1.165, 1.54) is 0 Å². The highest BCUT2D eigenvalue weighted by atomic mass is 32.1. The second-order valence-electron chi connectivity index (χ2n) is 6.25. The summed E-state index contributed by atoms with van der Waals surface area (Å²) >= 11 is 1.55. The molecular formula is C19H21N5OS. The zero-order valence-electron chi connectivity index (χ0n) is 15.3. The molecule has 6 nitrogen and oxygen atoms in total. The van der Waals surface area contributed by atoms with Gasteiger partial charge in [-0.1, -0.05) is 12.1 Å². The molecule has 1 amide bonds. The van der Waals surface area contributed by atoms with Crippen LogP contribution in [0.2, 0.25) is 0 Å². The van der Waals surface area contributed by atoms with Crippen LogP contribution in [0.15, 0.2) is 41.9 Å². The summed E-state index contributed by atoms with van der Waals surface area (Å²) in [4.78, 5) is 29.3. The molecule has 0 saturated heterocycles. The van der Waals surface area contributed by atoms with E-state index in [0.717, 1.165) is 22.0 Å². The second-order valence-corrected chi connectivity index (χ2v) is 7.23. The van der Waals surface area contributed by atoms with Crippen LogP contribution >= 0.6 is 11.3 Å². The van der Waals surface area contributed by atoms with Crippen molar-refractivity contribution < 1.29 is 4.79 Å². The number of carbonyl (C=O) groups excluding carboxylic acids is 1. The van der Waals surface area contributed by atoms with Crippen LogP contribution in [0.25, 0.3) is 11.3 Å². The molecule has 0 aliphatic carbocycles. The predicted octanol–water partition coefficient (Wildman–Crippen LogP) is 3.25. The average molecular weight is 367 g/mol. The van der Waals surface area contributed by atoms with Gasteiger partial charge in [0.1, 0.15) is 5.01 Å². The highest BCUT2D eigenvalue weighted by Crippen LogP contribution is 2.21. The molecule has 0 aliphatic heterocycles. The molecule has 0 fully saturated rings. The molecule has 3 aromatic rings. The third-order valence-corrected chi connectivity index (χ3v) is 4.64. The lowest BCUT2D eigenvalue weighted by Crippen LogP contribution is -2.26. The molecule has 0 atom stereocenters. The van der Waals surface area contributed by atoms with Crippen LogP contribution in [0.4, 0.5) is 5.95 Å². The maximum Gasteiger partial charge on any atom is 0.253 e. The van der Waals surface area contributed by atoms with E-state index in [9.17, 15) is 4.79 Å². The average Bonchev–Trinajstić information content (AvgIpc) is 3.13.